The highest BCUT2D eigenvalue weighted by Gasteiger charge is 2.26. The first kappa shape index (κ1) is 24.9. The lowest BCUT2D eigenvalue weighted by molar-refractivity contribution is 0.102. The van der Waals surface area contributed by atoms with Gasteiger partial charge in [0.05, 0.1) is 35.0 Å². The number of halogens is 4. The largest absolute Gasteiger partial charge is 0.318 e. The fraction of sp³-hybridized carbons (Fsp3) is 0.0435. The number of aromatic nitrogens is 5. The third kappa shape index (κ3) is 4.32. The maximum absolute atomic E-state index is 15.4. The van der Waals surface area contributed by atoms with Crippen LogP contribution in [0.4, 0.5) is 28.9 Å². The molecule has 0 aliphatic heterocycles. The number of fused-ring (bicyclic) bond motifs is 1. The Bertz CT molecular complexity index is 1820. The molecule has 1 amide bonds. The van der Waals surface area contributed by atoms with Gasteiger partial charge in [0.1, 0.15) is 27.7 Å². The van der Waals surface area contributed by atoms with E-state index in [4.69, 9.17) is 0 Å². The molecule has 0 saturated heterocycles. The summed E-state index contributed by atoms with van der Waals surface area (Å²) in [5.41, 5.74) is -2.41. The molecule has 0 aliphatic rings. The Hall–Kier alpha value is -4.79. The quantitative estimate of drug-likeness (QED) is 0.235. The fourth-order valence-electron chi connectivity index (χ4n) is 3.77. The highest BCUT2D eigenvalue weighted by molar-refractivity contribution is 7.92. The van der Waals surface area contributed by atoms with Crippen molar-refractivity contribution in [1.29, 1.82) is 0 Å². The minimum atomic E-state index is -4.55. The molecule has 5 rings (SSSR count). The van der Waals surface area contributed by atoms with Crippen LogP contribution in [0.25, 0.3) is 22.0 Å². The minimum absolute atomic E-state index is 0.0269. The number of rotatable bonds is 6. The van der Waals surface area contributed by atoms with Gasteiger partial charge >= 0.3 is 0 Å². The number of carbonyl (C=O) groups is 1. The van der Waals surface area contributed by atoms with E-state index >= 15 is 8.78 Å². The van der Waals surface area contributed by atoms with Crippen molar-refractivity contribution in [2.45, 2.75) is 11.8 Å². The van der Waals surface area contributed by atoms with Crippen LogP contribution >= 0.6 is 0 Å². The van der Waals surface area contributed by atoms with Gasteiger partial charge in [-0.2, -0.15) is 10.2 Å². The third-order valence-electron chi connectivity index (χ3n) is 5.55. The second-order valence-corrected chi connectivity index (χ2v) is 9.64. The zero-order chi connectivity index (χ0) is 27.2. The van der Waals surface area contributed by atoms with Gasteiger partial charge in [-0.3, -0.25) is 24.7 Å². The van der Waals surface area contributed by atoms with Crippen molar-refractivity contribution in [3.05, 3.63) is 83.6 Å². The zero-order valence-electron chi connectivity index (χ0n) is 19.1. The van der Waals surface area contributed by atoms with Crippen molar-refractivity contribution in [3.8, 4) is 11.1 Å². The highest BCUT2D eigenvalue weighted by Crippen LogP contribution is 2.36. The standard InChI is InChI=1S/C23H15F4N7O3S/c1-10-17(6-11(24)7-28-10)38(36,37)34-16-5-4-15(25)18(20(16)27)13-2-3-14-21(19(13)26)32-33-22(14)23(35)31-12-8-29-30-9-12/h2-9,34H,1H3,(H,29,30)(H,31,35)(H,32,33). The van der Waals surface area contributed by atoms with Crippen LogP contribution in [0.2, 0.25) is 0 Å². The maximum Gasteiger partial charge on any atom is 0.274 e. The lowest BCUT2D eigenvalue weighted by atomic mass is 10.0. The van der Waals surface area contributed by atoms with Crippen molar-refractivity contribution in [3.63, 3.8) is 0 Å². The molecular formula is C23H15F4N7O3S. The van der Waals surface area contributed by atoms with Crippen molar-refractivity contribution < 1.29 is 30.8 Å². The molecule has 0 fully saturated rings. The lowest BCUT2D eigenvalue weighted by Gasteiger charge is -2.14. The number of benzene rings is 2. The van der Waals surface area contributed by atoms with E-state index in [2.05, 4.69) is 30.7 Å². The number of anilines is 2. The molecule has 194 valence electrons. The molecule has 3 heterocycles. The topological polar surface area (TPSA) is 146 Å². The summed E-state index contributed by atoms with van der Waals surface area (Å²) in [6.45, 7) is 1.30. The van der Waals surface area contributed by atoms with E-state index in [0.29, 0.717) is 11.8 Å². The van der Waals surface area contributed by atoms with Crippen LogP contribution in [0.5, 0.6) is 0 Å². The minimum Gasteiger partial charge on any atom is -0.318 e. The average Bonchev–Trinajstić information content (AvgIpc) is 3.54. The predicted molar refractivity (Wildman–Crippen MR) is 128 cm³/mol. The van der Waals surface area contributed by atoms with Gasteiger partial charge in [0.2, 0.25) is 0 Å². The summed E-state index contributed by atoms with van der Waals surface area (Å²) >= 11 is 0. The van der Waals surface area contributed by atoms with E-state index in [1.54, 1.807) is 0 Å². The first-order valence-corrected chi connectivity index (χ1v) is 12.1. The number of nitrogens with zero attached hydrogens (tertiary/aromatic N) is 3. The van der Waals surface area contributed by atoms with Crippen LogP contribution in [0, 0.1) is 30.2 Å². The molecule has 0 radical (unpaired) electrons. The molecule has 38 heavy (non-hydrogen) atoms. The van der Waals surface area contributed by atoms with E-state index in [1.807, 2.05) is 4.72 Å². The maximum atomic E-state index is 15.4. The van der Waals surface area contributed by atoms with Crippen molar-refractivity contribution >= 4 is 38.2 Å². The van der Waals surface area contributed by atoms with Gasteiger partial charge in [-0.25, -0.2) is 26.0 Å². The SMILES string of the molecule is Cc1ncc(F)cc1S(=O)(=O)Nc1ccc(F)c(-c2ccc3c(C(=O)Nc4cn[nH]c4)[nH]nc3c2F)c1F. The number of aryl methyl sites for hydroxylation is 1. The van der Waals surface area contributed by atoms with Gasteiger partial charge in [-0.1, -0.05) is 6.07 Å². The molecule has 10 nitrogen and oxygen atoms in total. The Kier molecular flexibility index (Phi) is 6.06. The number of amides is 1. The summed E-state index contributed by atoms with van der Waals surface area (Å²) < 4.78 is 86.7. The van der Waals surface area contributed by atoms with Crippen LogP contribution in [0.1, 0.15) is 16.2 Å². The molecule has 0 saturated carbocycles. The fourth-order valence-corrected chi connectivity index (χ4v) is 5.03. The number of hydrogen-bond acceptors (Lipinski definition) is 6. The number of H-pyrrole nitrogens is 2. The van der Waals surface area contributed by atoms with Gasteiger partial charge in [0.25, 0.3) is 15.9 Å². The van der Waals surface area contributed by atoms with Gasteiger partial charge in [-0.15, -0.1) is 0 Å². The number of carbonyl (C=O) groups excluding carboxylic acids is 1. The van der Waals surface area contributed by atoms with E-state index in [-0.39, 0.29) is 22.3 Å². The Labute approximate surface area is 211 Å². The van der Waals surface area contributed by atoms with Crippen LogP contribution in [-0.2, 0) is 10.0 Å². The van der Waals surface area contributed by atoms with Crippen LogP contribution in [0.15, 0.2) is 53.8 Å². The van der Waals surface area contributed by atoms with Gasteiger partial charge in [-0.05, 0) is 31.2 Å². The van der Waals surface area contributed by atoms with E-state index in [1.165, 1.54) is 25.4 Å². The van der Waals surface area contributed by atoms with Crippen LogP contribution < -0.4 is 10.0 Å². The normalized spacial score (nSPS) is 11.6. The van der Waals surface area contributed by atoms with Crippen molar-refractivity contribution in [2.24, 2.45) is 0 Å². The molecule has 4 N–H and O–H groups in total. The molecule has 15 heteroatoms. The zero-order valence-corrected chi connectivity index (χ0v) is 19.9. The molecule has 3 aromatic heterocycles. The smallest absolute Gasteiger partial charge is 0.274 e. The summed E-state index contributed by atoms with van der Waals surface area (Å²) in [4.78, 5) is 15.6. The Morgan fingerprint density at radius 1 is 1.03 bits per heavy atom. The first-order valence-electron chi connectivity index (χ1n) is 10.7. The predicted octanol–water partition coefficient (Wildman–Crippen LogP) is 4.27. The number of hydrogen-bond donors (Lipinski definition) is 4. The summed E-state index contributed by atoms with van der Waals surface area (Å²) in [5, 5.41) is 14.9. The molecule has 0 spiro atoms. The summed E-state index contributed by atoms with van der Waals surface area (Å²) in [6.07, 6.45) is 3.56. The second-order valence-electron chi connectivity index (χ2n) is 7.99. The first-order chi connectivity index (χ1) is 18.1. The van der Waals surface area contributed by atoms with Crippen LogP contribution in [-0.4, -0.2) is 39.7 Å². The lowest BCUT2D eigenvalue weighted by Crippen LogP contribution is -2.16. The van der Waals surface area contributed by atoms with Crippen molar-refractivity contribution in [1.82, 2.24) is 25.4 Å². The molecular weight excluding hydrogens is 530 g/mol. The van der Waals surface area contributed by atoms with E-state index in [9.17, 15) is 22.0 Å². The molecule has 0 bridgehead atoms. The van der Waals surface area contributed by atoms with E-state index in [0.717, 1.165) is 24.4 Å². The average molecular weight is 545 g/mol. The highest BCUT2D eigenvalue weighted by atomic mass is 32.2. The number of sulfonamides is 1. The third-order valence-corrected chi connectivity index (χ3v) is 7.03. The van der Waals surface area contributed by atoms with E-state index < -0.39 is 60.9 Å². The van der Waals surface area contributed by atoms with Gasteiger partial charge in [0.15, 0.2) is 11.6 Å². The Balaban J connectivity index is 1.54. The number of aromatic amines is 2. The van der Waals surface area contributed by atoms with Gasteiger partial charge in [0, 0.05) is 17.1 Å². The Morgan fingerprint density at radius 3 is 2.55 bits per heavy atom. The van der Waals surface area contributed by atoms with Crippen LogP contribution in [0.3, 0.4) is 0 Å². The summed E-state index contributed by atoms with van der Waals surface area (Å²) in [7, 11) is -4.55. The molecule has 0 atom stereocenters. The number of nitrogens with one attached hydrogen (secondary N) is 4. The molecule has 5 aromatic rings. The molecule has 2 aromatic carbocycles. The van der Waals surface area contributed by atoms with Crippen molar-refractivity contribution in [2.75, 3.05) is 10.0 Å². The second kappa shape index (κ2) is 9.26. The molecule has 0 aliphatic carbocycles. The Morgan fingerprint density at radius 2 is 1.82 bits per heavy atom. The molecule has 0 unspecified atom stereocenters. The van der Waals surface area contributed by atoms with Gasteiger partial charge < -0.3 is 5.32 Å². The summed E-state index contributed by atoms with van der Waals surface area (Å²) in [5.74, 6) is -5.40. The number of pyridine rings is 1. The monoisotopic (exact) mass is 545 g/mol. The summed E-state index contributed by atoms with van der Waals surface area (Å²) in [6, 6.07) is 4.50.